The molecule has 4 rings (SSSR count). The molecule has 1 aromatic heterocycles. The van der Waals surface area contributed by atoms with Crippen molar-refractivity contribution < 1.29 is 9.53 Å². The van der Waals surface area contributed by atoms with Crippen LogP contribution in [0.4, 0.5) is 4.79 Å². The number of amides is 2. The molecule has 1 aromatic rings. The van der Waals surface area contributed by atoms with Crippen molar-refractivity contribution in [1.29, 1.82) is 0 Å². The summed E-state index contributed by atoms with van der Waals surface area (Å²) < 4.78 is 7.84. The molecule has 3 aliphatic rings. The third-order valence-electron chi connectivity index (χ3n) is 4.67. The van der Waals surface area contributed by atoms with Crippen LogP contribution in [0.25, 0.3) is 0 Å². The number of hydrogen-bond acceptors (Lipinski definition) is 4. The normalized spacial score (nSPS) is 28.2. The number of amidine groups is 1. The lowest BCUT2D eigenvalue weighted by Crippen LogP contribution is -2.46. The Morgan fingerprint density at radius 2 is 2.25 bits per heavy atom. The number of urea groups is 1. The summed E-state index contributed by atoms with van der Waals surface area (Å²) in [5.74, 6) is 0.797. The van der Waals surface area contributed by atoms with Crippen molar-refractivity contribution in [2.45, 2.75) is 56.8 Å². The van der Waals surface area contributed by atoms with Crippen molar-refractivity contribution in [2.75, 3.05) is 6.54 Å². The van der Waals surface area contributed by atoms with E-state index >= 15 is 0 Å². The molecule has 2 fully saturated rings. The van der Waals surface area contributed by atoms with Crippen molar-refractivity contribution in [2.24, 2.45) is 4.99 Å². The fourth-order valence-corrected chi connectivity index (χ4v) is 3.28. The average Bonchev–Trinajstić information content (AvgIpc) is 3.15. The Morgan fingerprint density at radius 3 is 2.96 bits per heavy atom. The summed E-state index contributed by atoms with van der Waals surface area (Å²) in [6.45, 7) is 1.53. The number of rotatable bonds is 6. The van der Waals surface area contributed by atoms with Gasteiger partial charge in [0, 0.05) is 25.5 Å². The Hall–Kier alpha value is -2.31. The van der Waals surface area contributed by atoms with Crippen molar-refractivity contribution in [3.05, 3.63) is 31.1 Å². The second-order valence-corrected chi connectivity index (χ2v) is 6.59. The lowest BCUT2D eigenvalue weighted by Gasteiger charge is -2.31. The number of aliphatic imine (C=N–C) groups is 1. The van der Waals surface area contributed by atoms with E-state index in [1.807, 2.05) is 21.7 Å². The number of imidazole rings is 1. The number of hydrogen-bond donors (Lipinski definition) is 1. The molecule has 128 valence electrons. The molecule has 24 heavy (non-hydrogen) atoms. The van der Waals surface area contributed by atoms with E-state index in [1.54, 1.807) is 18.8 Å². The maximum atomic E-state index is 12.5. The smallest absolute Gasteiger partial charge is 0.323 e. The number of nitrogens with one attached hydrogen (secondary N) is 1. The number of carbonyl (C=O) groups is 1. The summed E-state index contributed by atoms with van der Waals surface area (Å²) >= 11 is 0. The van der Waals surface area contributed by atoms with Gasteiger partial charge in [-0.3, -0.25) is 10.3 Å². The highest BCUT2D eigenvalue weighted by molar-refractivity contribution is 6.07. The van der Waals surface area contributed by atoms with Gasteiger partial charge in [0.2, 0.25) is 0 Å². The molecular formula is C17H23N5O2. The average molecular weight is 329 g/mol. The molecule has 2 atom stereocenters. The Balaban J connectivity index is 1.46. The van der Waals surface area contributed by atoms with Crippen LogP contribution in [0.15, 0.2) is 36.1 Å². The van der Waals surface area contributed by atoms with E-state index in [0.717, 1.165) is 44.5 Å². The first-order valence-corrected chi connectivity index (χ1v) is 8.73. The molecule has 0 spiro atoms. The minimum atomic E-state index is -0.0918. The predicted molar refractivity (Wildman–Crippen MR) is 89.6 cm³/mol. The first-order valence-electron chi connectivity index (χ1n) is 8.73. The summed E-state index contributed by atoms with van der Waals surface area (Å²) in [5.41, 5.74) is 0. The van der Waals surface area contributed by atoms with Crippen LogP contribution in [0.1, 0.15) is 32.1 Å². The number of carbonyl (C=O) groups excluding carboxylic acids is 1. The molecule has 7 heteroatoms. The van der Waals surface area contributed by atoms with Gasteiger partial charge < -0.3 is 14.2 Å². The molecule has 0 aromatic carbocycles. The summed E-state index contributed by atoms with van der Waals surface area (Å²) in [6.07, 6.45) is 14.3. The van der Waals surface area contributed by atoms with Gasteiger partial charge in [-0.2, -0.15) is 0 Å². The van der Waals surface area contributed by atoms with Gasteiger partial charge in [-0.1, -0.05) is 0 Å². The van der Waals surface area contributed by atoms with Crippen molar-refractivity contribution >= 4 is 11.9 Å². The minimum absolute atomic E-state index is 0.0142. The zero-order valence-electron chi connectivity index (χ0n) is 13.7. The zero-order chi connectivity index (χ0) is 16.4. The maximum Gasteiger partial charge on any atom is 0.323 e. The predicted octanol–water partition coefficient (Wildman–Crippen LogP) is 1.92. The minimum Gasteiger partial charge on any atom is -0.496 e. The van der Waals surface area contributed by atoms with Crippen LogP contribution in [0.2, 0.25) is 0 Å². The fourth-order valence-electron chi connectivity index (χ4n) is 3.28. The number of nitrogens with zero attached hydrogens (tertiary/aromatic N) is 4. The third kappa shape index (κ3) is 3.29. The quantitative estimate of drug-likeness (QED) is 0.867. The lowest BCUT2D eigenvalue weighted by molar-refractivity contribution is 0.0729. The van der Waals surface area contributed by atoms with Gasteiger partial charge in [-0.25, -0.2) is 9.78 Å². The second kappa shape index (κ2) is 6.67. The van der Waals surface area contributed by atoms with Crippen molar-refractivity contribution in [1.82, 2.24) is 19.8 Å². The van der Waals surface area contributed by atoms with Gasteiger partial charge in [0.05, 0.1) is 18.6 Å². The van der Waals surface area contributed by atoms with E-state index in [9.17, 15) is 4.79 Å². The van der Waals surface area contributed by atoms with E-state index in [4.69, 9.17) is 9.73 Å². The van der Waals surface area contributed by atoms with Crippen LogP contribution in [-0.4, -0.2) is 51.1 Å². The first kappa shape index (κ1) is 15.2. The maximum absolute atomic E-state index is 12.5. The van der Waals surface area contributed by atoms with Crippen LogP contribution in [0.5, 0.6) is 0 Å². The standard InChI is InChI=1S/C17H23N5O2/c23-17-20-16(19-13-5-6-13)15(14-4-1-2-11-24-14)22(17)9-3-8-21-10-7-18-12-21/h2,7,10-15H,1,3-6,8-9H2,(H,19,20,23). The SMILES string of the molecule is O=C1NC(=NC2CC2)C(C2CCC=CO2)N1CCCn1ccnc1. The van der Waals surface area contributed by atoms with E-state index in [-0.39, 0.29) is 18.2 Å². The molecular weight excluding hydrogens is 306 g/mol. The number of allylic oxidation sites excluding steroid dienone is 1. The van der Waals surface area contributed by atoms with Crippen LogP contribution >= 0.6 is 0 Å². The Morgan fingerprint density at radius 1 is 1.33 bits per heavy atom. The molecule has 1 aliphatic carbocycles. The van der Waals surface area contributed by atoms with E-state index in [0.29, 0.717) is 12.6 Å². The molecule has 0 bridgehead atoms. The zero-order valence-corrected chi connectivity index (χ0v) is 13.7. The number of aromatic nitrogens is 2. The molecule has 1 saturated carbocycles. The van der Waals surface area contributed by atoms with Gasteiger partial charge in [0.1, 0.15) is 18.0 Å². The van der Waals surface area contributed by atoms with Gasteiger partial charge >= 0.3 is 6.03 Å². The summed E-state index contributed by atoms with van der Waals surface area (Å²) in [6, 6.07) is 0.238. The molecule has 1 saturated heterocycles. The summed E-state index contributed by atoms with van der Waals surface area (Å²) in [7, 11) is 0. The highest BCUT2D eigenvalue weighted by Crippen LogP contribution is 2.28. The Bertz CT molecular complexity index is 635. The number of aryl methyl sites for hydroxylation is 1. The Labute approximate surface area is 141 Å². The van der Waals surface area contributed by atoms with Gasteiger partial charge in [-0.05, 0) is 38.2 Å². The topological polar surface area (TPSA) is 71.8 Å². The van der Waals surface area contributed by atoms with Crippen LogP contribution in [0.3, 0.4) is 0 Å². The molecule has 0 radical (unpaired) electrons. The number of ether oxygens (including phenoxy) is 1. The monoisotopic (exact) mass is 329 g/mol. The van der Waals surface area contributed by atoms with Crippen molar-refractivity contribution in [3.63, 3.8) is 0 Å². The Kier molecular flexibility index (Phi) is 4.23. The second-order valence-electron chi connectivity index (χ2n) is 6.59. The van der Waals surface area contributed by atoms with E-state index in [1.165, 1.54) is 0 Å². The van der Waals surface area contributed by atoms with Crippen molar-refractivity contribution in [3.8, 4) is 0 Å². The molecule has 7 nitrogen and oxygen atoms in total. The van der Waals surface area contributed by atoms with Gasteiger partial charge in [-0.15, -0.1) is 0 Å². The molecule has 3 heterocycles. The third-order valence-corrected chi connectivity index (χ3v) is 4.67. The molecule has 2 amide bonds. The largest absolute Gasteiger partial charge is 0.496 e. The van der Waals surface area contributed by atoms with Gasteiger partial charge in [0.15, 0.2) is 0 Å². The van der Waals surface area contributed by atoms with E-state index < -0.39 is 0 Å². The molecule has 2 aliphatic heterocycles. The highest BCUT2D eigenvalue weighted by atomic mass is 16.5. The van der Waals surface area contributed by atoms with Gasteiger partial charge in [0.25, 0.3) is 0 Å². The summed E-state index contributed by atoms with van der Waals surface area (Å²) in [5, 5.41) is 2.98. The fraction of sp³-hybridized carbons (Fsp3) is 0.588. The molecule has 1 N–H and O–H groups in total. The molecule has 2 unspecified atom stereocenters. The first-order chi connectivity index (χ1) is 11.8. The van der Waals surface area contributed by atoms with Crippen LogP contribution in [0, 0.1) is 0 Å². The summed E-state index contributed by atoms with van der Waals surface area (Å²) in [4.78, 5) is 23.1. The lowest BCUT2D eigenvalue weighted by atomic mass is 10.0. The van der Waals surface area contributed by atoms with Crippen LogP contribution < -0.4 is 5.32 Å². The van der Waals surface area contributed by atoms with Crippen LogP contribution in [-0.2, 0) is 11.3 Å². The highest BCUT2D eigenvalue weighted by Gasteiger charge is 2.43. The van der Waals surface area contributed by atoms with E-state index in [2.05, 4.69) is 10.3 Å².